The van der Waals surface area contributed by atoms with Gasteiger partial charge < -0.3 is 14.8 Å². The fourth-order valence-corrected chi connectivity index (χ4v) is 2.12. The number of hydrogen-bond acceptors (Lipinski definition) is 4. The quantitative estimate of drug-likeness (QED) is 0.943. The van der Waals surface area contributed by atoms with E-state index >= 15 is 0 Å². The minimum Gasteiger partial charge on any atom is -0.456 e. The summed E-state index contributed by atoms with van der Waals surface area (Å²) in [5.41, 5.74) is 0. The van der Waals surface area contributed by atoms with E-state index in [9.17, 15) is 9.18 Å². The minimum absolute atomic E-state index is 0.0859. The molecule has 0 spiro atoms. The molecule has 1 aromatic carbocycles. The van der Waals surface area contributed by atoms with Gasteiger partial charge in [-0.2, -0.15) is 0 Å². The fraction of sp³-hybridized carbons (Fsp3) is 0.250. The molecule has 2 aromatic rings. The number of halogens is 1. The zero-order valence-electron chi connectivity index (χ0n) is 11.8. The molecule has 1 N–H and O–H groups in total. The van der Waals surface area contributed by atoms with Crippen LogP contribution in [0.5, 0.6) is 11.5 Å². The number of anilines is 1. The normalized spacial score (nSPS) is 17.2. The zero-order valence-corrected chi connectivity index (χ0v) is 11.8. The SMILES string of the molecule is O=C(Nc1ccc(Oc2ccc(F)cc2)cn1)[C@H]1CCOC1. The van der Waals surface area contributed by atoms with Gasteiger partial charge in [-0.25, -0.2) is 9.37 Å². The molecule has 22 heavy (non-hydrogen) atoms. The Balaban J connectivity index is 1.60. The summed E-state index contributed by atoms with van der Waals surface area (Å²) in [6.45, 7) is 1.08. The summed E-state index contributed by atoms with van der Waals surface area (Å²) in [6.07, 6.45) is 2.24. The van der Waals surface area contributed by atoms with Crippen molar-refractivity contribution < 1.29 is 18.7 Å². The molecule has 1 amide bonds. The summed E-state index contributed by atoms with van der Waals surface area (Å²) >= 11 is 0. The smallest absolute Gasteiger partial charge is 0.231 e. The van der Waals surface area contributed by atoms with Crippen molar-refractivity contribution >= 4 is 11.7 Å². The number of ether oxygens (including phenoxy) is 2. The summed E-state index contributed by atoms with van der Waals surface area (Å²) in [5, 5.41) is 2.75. The van der Waals surface area contributed by atoms with Gasteiger partial charge in [-0.3, -0.25) is 4.79 Å². The average Bonchev–Trinajstić information content (AvgIpc) is 3.06. The number of aromatic nitrogens is 1. The first kappa shape index (κ1) is 14.5. The Kier molecular flexibility index (Phi) is 4.29. The van der Waals surface area contributed by atoms with Crippen molar-refractivity contribution in [2.75, 3.05) is 18.5 Å². The number of nitrogens with zero attached hydrogens (tertiary/aromatic N) is 1. The van der Waals surface area contributed by atoms with Crippen molar-refractivity contribution in [2.45, 2.75) is 6.42 Å². The lowest BCUT2D eigenvalue weighted by molar-refractivity contribution is -0.119. The molecular formula is C16H15FN2O3. The summed E-state index contributed by atoms with van der Waals surface area (Å²) in [7, 11) is 0. The number of hydrogen-bond donors (Lipinski definition) is 1. The van der Waals surface area contributed by atoms with E-state index in [0.29, 0.717) is 30.5 Å². The van der Waals surface area contributed by atoms with E-state index in [2.05, 4.69) is 10.3 Å². The highest BCUT2D eigenvalue weighted by atomic mass is 19.1. The van der Waals surface area contributed by atoms with Gasteiger partial charge in [-0.1, -0.05) is 0 Å². The third-order valence-electron chi connectivity index (χ3n) is 3.34. The Morgan fingerprint density at radius 3 is 2.64 bits per heavy atom. The van der Waals surface area contributed by atoms with Crippen LogP contribution in [0, 0.1) is 11.7 Å². The van der Waals surface area contributed by atoms with E-state index in [-0.39, 0.29) is 17.6 Å². The molecule has 3 rings (SSSR count). The molecule has 0 aliphatic carbocycles. The van der Waals surface area contributed by atoms with Crippen LogP contribution in [-0.2, 0) is 9.53 Å². The molecule has 1 atom stereocenters. The standard InChI is InChI=1S/C16H15FN2O3/c17-12-1-3-13(4-2-12)22-14-5-6-15(18-9-14)19-16(20)11-7-8-21-10-11/h1-6,9,11H,7-8,10H2,(H,18,19,20)/t11-/m0/s1. The molecule has 6 heteroatoms. The molecule has 114 valence electrons. The second kappa shape index (κ2) is 6.53. The number of nitrogens with one attached hydrogen (secondary N) is 1. The average molecular weight is 302 g/mol. The Hall–Kier alpha value is -2.47. The maximum Gasteiger partial charge on any atom is 0.231 e. The monoisotopic (exact) mass is 302 g/mol. The van der Waals surface area contributed by atoms with E-state index in [0.717, 1.165) is 6.42 Å². The third-order valence-corrected chi connectivity index (χ3v) is 3.34. The highest BCUT2D eigenvalue weighted by Crippen LogP contribution is 2.22. The number of carbonyl (C=O) groups excluding carboxylic acids is 1. The van der Waals surface area contributed by atoms with Crippen LogP contribution in [-0.4, -0.2) is 24.1 Å². The van der Waals surface area contributed by atoms with Crippen molar-refractivity contribution in [3.8, 4) is 11.5 Å². The maximum atomic E-state index is 12.8. The van der Waals surface area contributed by atoms with Crippen LogP contribution >= 0.6 is 0 Å². The number of pyridine rings is 1. The molecule has 2 heterocycles. The molecule has 1 aliphatic heterocycles. The second-order valence-corrected chi connectivity index (χ2v) is 4.98. The van der Waals surface area contributed by atoms with Gasteiger partial charge in [0.25, 0.3) is 0 Å². The van der Waals surface area contributed by atoms with Gasteiger partial charge in [0.05, 0.1) is 18.7 Å². The van der Waals surface area contributed by atoms with Gasteiger partial charge in [0.15, 0.2) is 0 Å². The number of benzene rings is 1. The summed E-state index contributed by atoms with van der Waals surface area (Å²) < 4.78 is 23.5. The van der Waals surface area contributed by atoms with Crippen molar-refractivity contribution in [3.05, 3.63) is 48.4 Å². The van der Waals surface area contributed by atoms with Crippen LogP contribution in [0.25, 0.3) is 0 Å². The molecule has 5 nitrogen and oxygen atoms in total. The highest BCUT2D eigenvalue weighted by Gasteiger charge is 2.23. The van der Waals surface area contributed by atoms with Gasteiger partial charge in [0.1, 0.15) is 23.1 Å². The topological polar surface area (TPSA) is 60.5 Å². The predicted octanol–water partition coefficient (Wildman–Crippen LogP) is 2.99. The zero-order chi connectivity index (χ0) is 15.4. The number of rotatable bonds is 4. The Bertz CT molecular complexity index is 637. The van der Waals surface area contributed by atoms with E-state index in [1.54, 1.807) is 12.1 Å². The molecule has 1 saturated heterocycles. The first-order chi connectivity index (χ1) is 10.7. The van der Waals surface area contributed by atoms with Gasteiger partial charge in [-0.15, -0.1) is 0 Å². The Morgan fingerprint density at radius 2 is 2.00 bits per heavy atom. The largest absolute Gasteiger partial charge is 0.456 e. The molecule has 0 radical (unpaired) electrons. The molecule has 0 saturated carbocycles. The van der Waals surface area contributed by atoms with Crippen LogP contribution in [0.4, 0.5) is 10.2 Å². The van der Waals surface area contributed by atoms with E-state index in [4.69, 9.17) is 9.47 Å². The molecular weight excluding hydrogens is 287 g/mol. The van der Waals surface area contributed by atoms with Crippen LogP contribution in [0.1, 0.15) is 6.42 Å². The summed E-state index contributed by atoms with van der Waals surface area (Å²) in [6, 6.07) is 9.06. The van der Waals surface area contributed by atoms with Crippen molar-refractivity contribution in [1.29, 1.82) is 0 Å². The lowest BCUT2D eigenvalue weighted by atomic mass is 10.1. The van der Waals surface area contributed by atoms with Crippen LogP contribution in [0.3, 0.4) is 0 Å². The molecule has 1 aromatic heterocycles. The van der Waals surface area contributed by atoms with Crippen LogP contribution < -0.4 is 10.1 Å². The van der Waals surface area contributed by atoms with E-state index in [1.807, 2.05) is 0 Å². The van der Waals surface area contributed by atoms with Crippen molar-refractivity contribution in [1.82, 2.24) is 4.98 Å². The first-order valence-electron chi connectivity index (χ1n) is 6.99. The molecule has 1 fully saturated rings. The predicted molar refractivity (Wildman–Crippen MR) is 78.3 cm³/mol. The van der Waals surface area contributed by atoms with Crippen LogP contribution in [0.15, 0.2) is 42.6 Å². The summed E-state index contributed by atoms with van der Waals surface area (Å²) in [4.78, 5) is 16.1. The lowest BCUT2D eigenvalue weighted by Gasteiger charge is -2.09. The highest BCUT2D eigenvalue weighted by molar-refractivity contribution is 5.91. The third kappa shape index (κ3) is 3.59. The van der Waals surface area contributed by atoms with Crippen molar-refractivity contribution in [2.24, 2.45) is 5.92 Å². The number of carbonyl (C=O) groups is 1. The minimum atomic E-state index is -0.320. The van der Waals surface area contributed by atoms with Crippen LogP contribution in [0.2, 0.25) is 0 Å². The number of amides is 1. The lowest BCUT2D eigenvalue weighted by Crippen LogP contribution is -2.23. The summed E-state index contributed by atoms with van der Waals surface area (Å²) in [5.74, 6) is 0.967. The van der Waals surface area contributed by atoms with Crippen molar-refractivity contribution in [3.63, 3.8) is 0 Å². The molecule has 0 unspecified atom stereocenters. The van der Waals surface area contributed by atoms with Gasteiger partial charge in [0.2, 0.25) is 5.91 Å². The Labute approximate surface area is 127 Å². The maximum absolute atomic E-state index is 12.8. The first-order valence-corrected chi connectivity index (χ1v) is 6.99. The van der Waals surface area contributed by atoms with E-state index in [1.165, 1.54) is 30.5 Å². The molecule has 0 bridgehead atoms. The van der Waals surface area contributed by atoms with Gasteiger partial charge in [0, 0.05) is 6.61 Å². The second-order valence-electron chi connectivity index (χ2n) is 4.98. The van der Waals surface area contributed by atoms with Gasteiger partial charge >= 0.3 is 0 Å². The Morgan fingerprint density at radius 1 is 1.23 bits per heavy atom. The molecule has 1 aliphatic rings. The fourth-order valence-electron chi connectivity index (χ4n) is 2.12. The van der Waals surface area contributed by atoms with E-state index < -0.39 is 0 Å². The van der Waals surface area contributed by atoms with Gasteiger partial charge in [-0.05, 0) is 42.8 Å².